The van der Waals surface area contributed by atoms with E-state index in [0.29, 0.717) is 45.1 Å². The minimum atomic E-state index is -0.364. The molecular formula is C21H18ClFN6. The van der Waals surface area contributed by atoms with Crippen molar-refractivity contribution in [2.45, 2.75) is 12.8 Å². The van der Waals surface area contributed by atoms with Gasteiger partial charge in [-0.2, -0.15) is 4.98 Å². The number of nitrogens with zero attached hydrogens (tertiary/aromatic N) is 4. The van der Waals surface area contributed by atoms with E-state index < -0.39 is 0 Å². The van der Waals surface area contributed by atoms with Gasteiger partial charge in [0.05, 0.1) is 16.8 Å². The van der Waals surface area contributed by atoms with E-state index in [9.17, 15) is 4.39 Å². The summed E-state index contributed by atoms with van der Waals surface area (Å²) >= 11 is 6.05. The molecule has 1 aliphatic carbocycles. The lowest BCUT2D eigenvalue weighted by atomic mass is 10.1. The van der Waals surface area contributed by atoms with Crippen LogP contribution in [0.4, 0.5) is 16.2 Å². The predicted octanol–water partition coefficient (Wildman–Crippen LogP) is 4.68. The molecule has 1 fully saturated rings. The summed E-state index contributed by atoms with van der Waals surface area (Å²) in [6, 6.07) is 13.5. The zero-order valence-corrected chi connectivity index (χ0v) is 16.2. The molecule has 0 saturated heterocycles. The van der Waals surface area contributed by atoms with Crippen LogP contribution in [0.15, 0.2) is 48.5 Å². The number of hydrogen-bond acceptors (Lipinski definition) is 5. The number of nitrogens with two attached hydrogens (primary N) is 1. The zero-order valence-electron chi connectivity index (χ0n) is 15.4. The Balaban J connectivity index is 1.69. The fourth-order valence-corrected chi connectivity index (χ4v) is 3.40. The van der Waals surface area contributed by atoms with Crippen LogP contribution in [0.3, 0.4) is 0 Å². The Bertz CT molecular complexity index is 1200. The number of nitrogen functional groups attached to an aromatic ring is 1. The minimum Gasteiger partial charge on any atom is -0.383 e. The molecule has 2 aromatic heterocycles. The van der Waals surface area contributed by atoms with E-state index in [4.69, 9.17) is 22.3 Å². The highest BCUT2D eigenvalue weighted by atomic mass is 35.5. The molecule has 0 bridgehead atoms. The largest absolute Gasteiger partial charge is 0.383 e. The van der Waals surface area contributed by atoms with Crippen molar-refractivity contribution in [3.8, 4) is 16.9 Å². The van der Waals surface area contributed by atoms with Crippen LogP contribution in [0, 0.1) is 11.7 Å². The van der Waals surface area contributed by atoms with Crippen LogP contribution in [-0.4, -0.2) is 26.3 Å². The highest BCUT2D eigenvalue weighted by Crippen LogP contribution is 2.34. The number of hydrogen-bond donors (Lipinski definition) is 2. The lowest BCUT2D eigenvalue weighted by molar-refractivity contribution is 0.625. The molecule has 2 heterocycles. The molecule has 146 valence electrons. The summed E-state index contributed by atoms with van der Waals surface area (Å²) in [5.74, 6) is 1.16. The number of aromatic nitrogens is 4. The number of rotatable bonds is 5. The van der Waals surface area contributed by atoms with Gasteiger partial charge in [0.1, 0.15) is 11.6 Å². The molecular weight excluding hydrogens is 391 g/mol. The number of anilines is 2. The van der Waals surface area contributed by atoms with Crippen LogP contribution in [-0.2, 0) is 0 Å². The first-order valence-corrected chi connectivity index (χ1v) is 9.78. The van der Waals surface area contributed by atoms with E-state index in [0.717, 1.165) is 12.1 Å². The van der Waals surface area contributed by atoms with Gasteiger partial charge in [0.2, 0.25) is 5.95 Å². The van der Waals surface area contributed by atoms with Gasteiger partial charge in [-0.3, -0.25) is 0 Å². The molecule has 29 heavy (non-hydrogen) atoms. The van der Waals surface area contributed by atoms with E-state index in [-0.39, 0.29) is 5.82 Å². The van der Waals surface area contributed by atoms with Crippen LogP contribution in [0.1, 0.15) is 12.8 Å². The quantitative estimate of drug-likeness (QED) is 0.501. The van der Waals surface area contributed by atoms with E-state index in [1.165, 1.54) is 29.7 Å². The average Bonchev–Trinajstić information content (AvgIpc) is 3.49. The molecule has 3 N–H and O–H groups in total. The zero-order chi connectivity index (χ0) is 20.0. The topological polar surface area (TPSA) is 81.7 Å². The Labute approximate surface area is 171 Å². The van der Waals surface area contributed by atoms with Gasteiger partial charge < -0.3 is 11.1 Å². The van der Waals surface area contributed by atoms with E-state index in [1.54, 1.807) is 24.3 Å². The van der Waals surface area contributed by atoms with Crippen LogP contribution >= 0.6 is 11.6 Å². The summed E-state index contributed by atoms with van der Waals surface area (Å²) in [4.78, 5) is 9.27. The fourth-order valence-electron chi connectivity index (χ4n) is 3.27. The summed E-state index contributed by atoms with van der Waals surface area (Å²) in [5, 5.41) is 9.09. The maximum atomic E-state index is 13.7. The second-order valence-corrected chi connectivity index (χ2v) is 7.64. The van der Waals surface area contributed by atoms with Crippen molar-refractivity contribution in [3.63, 3.8) is 0 Å². The first-order chi connectivity index (χ1) is 14.1. The second-order valence-electron chi connectivity index (χ2n) is 7.20. The molecule has 8 heteroatoms. The molecule has 2 aromatic carbocycles. The first-order valence-electron chi connectivity index (χ1n) is 9.40. The van der Waals surface area contributed by atoms with Crippen molar-refractivity contribution >= 4 is 34.4 Å². The molecule has 1 saturated carbocycles. The van der Waals surface area contributed by atoms with Gasteiger partial charge >= 0.3 is 0 Å². The maximum absolute atomic E-state index is 13.7. The highest BCUT2D eigenvalue weighted by Gasteiger charge is 2.23. The highest BCUT2D eigenvalue weighted by molar-refractivity contribution is 6.30. The van der Waals surface area contributed by atoms with Crippen molar-refractivity contribution in [2.75, 3.05) is 17.6 Å². The van der Waals surface area contributed by atoms with Gasteiger partial charge in [-0.25, -0.2) is 14.1 Å². The molecule has 0 aliphatic heterocycles. The SMILES string of the molecule is Nc1c2c(-c3ccc(Cl)cc3)nc(NCC3CC3)nc2nn1-c1cccc(F)c1. The van der Waals surface area contributed by atoms with Gasteiger partial charge in [0.25, 0.3) is 0 Å². The lowest BCUT2D eigenvalue weighted by Crippen LogP contribution is -2.07. The number of halogens is 2. The molecule has 0 radical (unpaired) electrons. The number of nitrogens with one attached hydrogen (secondary N) is 1. The Hall–Kier alpha value is -3.19. The summed E-state index contributed by atoms with van der Waals surface area (Å²) in [7, 11) is 0. The third kappa shape index (κ3) is 3.49. The molecule has 0 amide bonds. The lowest BCUT2D eigenvalue weighted by Gasteiger charge is -2.08. The third-order valence-corrected chi connectivity index (χ3v) is 5.24. The summed E-state index contributed by atoms with van der Waals surface area (Å²) < 4.78 is 15.2. The van der Waals surface area contributed by atoms with Crippen molar-refractivity contribution in [2.24, 2.45) is 5.92 Å². The molecule has 0 unspecified atom stereocenters. The van der Waals surface area contributed by atoms with E-state index >= 15 is 0 Å². The molecule has 0 spiro atoms. The van der Waals surface area contributed by atoms with Crippen molar-refractivity contribution in [1.29, 1.82) is 0 Å². The molecule has 5 rings (SSSR count). The van der Waals surface area contributed by atoms with Crippen LogP contribution in [0.2, 0.25) is 5.02 Å². The average molecular weight is 409 g/mol. The predicted molar refractivity (Wildman–Crippen MR) is 113 cm³/mol. The van der Waals surface area contributed by atoms with Crippen LogP contribution in [0.25, 0.3) is 28.0 Å². The number of fused-ring (bicyclic) bond motifs is 1. The molecule has 4 aromatic rings. The van der Waals surface area contributed by atoms with Crippen molar-refractivity contribution < 1.29 is 4.39 Å². The monoisotopic (exact) mass is 408 g/mol. The Morgan fingerprint density at radius 2 is 1.93 bits per heavy atom. The van der Waals surface area contributed by atoms with Gasteiger partial charge in [-0.05, 0) is 49.1 Å². The fraction of sp³-hybridized carbons (Fsp3) is 0.190. The molecule has 1 aliphatic rings. The molecule has 0 atom stereocenters. The standard InChI is InChI=1S/C21H18ClFN6/c22-14-8-6-13(7-9-14)18-17-19(24)29(16-3-1-2-15(23)10-16)28-20(17)27-21(26-18)25-11-12-4-5-12/h1-3,6-10,12H,4-5,11,24H2,(H,25,27,28). The maximum Gasteiger partial charge on any atom is 0.225 e. The molecule has 6 nitrogen and oxygen atoms in total. The summed E-state index contributed by atoms with van der Waals surface area (Å²) in [5.41, 5.74) is 8.90. The van der Waals surface area contributed by atoms with Gasteiger partial charge in [-0.1, -0.05) is 29.8 Å². The minimum absolute atomic E-state index is 0.351. The van der Waals surface area contributed by atoms with Gasteiger partial charge in [-0.15, -0.1) is 5.10 Å². The number of benzene rings is 2. The van der Waals surface area contributed by atoms with Crippen molar-refractivity contribution in [3.05, 3.63) is 59.4 Å². The summed E-state index contributed by atoms with van der Waals surface area (Å²) in [6.07, 6.45) is 2.45. The van der Waals surface area contributed by atoms with Gasteiger partial charge in [0.15, 0.2) is 5.65 Å². The second kappa shape index (κ2) is 7.00. The summed E-state index contributed by atoms with van der Waals surface area (Å²) in [6.45, 7) is 0.825. The van der Waals surface area contributed by atoms with E-state index in [1.807, 2.05) is 12.1 Å². The first kappa shape index (κ1) is 17.9. The Morgan fingerprint density at radius 1 is 1.14 bits per heavy atom. The van der Waals surface area contributed by atoms with Gasteiger partial charge in [0, 0.05) is 17.1 Å². The Morgan fingerprint density at radius 3 is 2.66 bits per heavy atom. The Kier molecular flexibility index (Phi) is 4.32. The third-order valence-electron chi connectivity index (χ3n) is 4.99. The smallest absolute Gasteiger partial charge is 0.225 e. The normalized spacial score (nSPS) is 13.7. The van der Waals surface area contributed by atoms with Crippen LogP contribution in [0.5, 0.6) is 0 Å². The van der Waals surface area contributed by atoms with E-state index in [2.05, 4.69) is 15.4 Å². The van der Waals surface area contributed by atoms with Crippen molar-refractivity contribution in [1.82, 2.24) is 19.7 Å². The van der Waals surface area contributed by atoms with Crippen LogP contribution < -0.4 is 11.1 Å².